The molecule has 0 saturated carbocycles. The maximum absolute atomic E-state index is 12.4. The maximum Gasteiger partial charge on any atom is 0.416 e. The number of nitrogens with one attached hydrogen (secondary N) is 1. The lowest BCUT2D eigenvalue weighted by Gasteiger charge is -2.26. The van der Waals surface area contributed by atoms with Crippen molar-refractivity contribution in [1.82, 2.24) is 5.32 Å². The van der Waals surface area contributed by atoms with Gasteiger partial charge in [-0.05, 0) is 18.2 Å². The van der Waals surface area contributed by atoms with E-state index in [0.717, 1.165) is 19.2 Å². The molecule has 1 aliphatic rings. The number of halogens is 3. The summed E-state index contributed by atoms with van der Waals surface area (Å²) >= 11 is 1.50. The molecule has 1 nitrogen and oxygen atoms in total. The molecule has 0 spiro atoms. The van der Waals surface area contributed by atoms with Crippen LogP contribution >= 0.6 is 11.8 Å². The second-order valence-electron chi connectivity index (χ2n) is 3.42. The number of benzene rings is 1. The molecule has 0 atom stereocenters. The fraction of sp³-hybridized carbons (Fsp3) is 0.400. The van der Waals surface area contributed by atoms with Gasteiger partial charge in [-0.1, -0.05) is 6.07 Å². The summed E-state index contributed by atoms with van der Waals surface area (Å²) in [5.41, 5.74) is -0.570. The van der Waals surface area contributed by atoms with Crippen molar-refractivity contribution in [2.45, 2.75) is 16.3 Å². The smallest absolute Gasteiger partial charge is 0.314 e. The van der Waals surface area contributed by atoms with Crippen LogP contribution in [-0.2, 0) is 6.18 Å². The van der Waals surface area contributed by atoms with Crippen molar-refractivity contribution in [3.8, 4) is 0 Å². The van der Waals surface area contributed by atoms with E-state index in [0.29, 0.717) is 10.1 Å². The van der Waals surface area contributed by atoms with Crippen LogP contribution in [0.3, 0.4) is 0 Å². The Kier molecular flexibility index (Phi) is 2.93. The molecular weight excluding hydrogens is 223 g/mol. The number of thioether (sulfide) groups is 1. The van der Waals surface area contributed by atoms with Gasteiger partial charge in [-0.2, -0.15) is 13.2 Å². The van der Waals surface area contributed by atoms with Gasteiger partial charge in [-0.3, -0.25) is 0 Å². The lowest BCUT2D eigenvalue weighted by atomic mass is 10.2. The van der Waals surface area contributed by atoms with Crippen LogP contribution in [0.1, 0.15) is 5.56 Å². The van der Waals surface area contributed by atoms with E-state index >= 15 is 0 Å². The van der Waals surface area contributed by atoms with Gasteiger partial charge in [-0.25, -0.2) is 0 Å². The first-order valence-corrected chi connectivity index (χ1v) is 5.48. The Hall–Kier alpha value is -0.680. The zero-order chi connectivity index (χ0) is 10.9. The summed E-state index contributed by atoms with van der Waals surface area (Å²) in [6, 6.07) is 5.49. The van der Waals surface area contributed by atoms with Crippen LogP contribution in [0.25, 0.3) is 0 Å². The fourth-order valence-corrected chi connectivity index (χ4v) is 2.42. The molecule has 1 fully saturated rings. The van der Waals surface area contributed by atoms with Gasteiger partial charge in [-0.15, -0.1) is 11.8 Å². The van der Waals surface area contributed by atoms with Crippen LogP contribution in [0, 0.1) is 0 Å². The summed E-state index contributed by atoms with van der Waals surface area (Å²) in [5, 5.41) is 3.49. The van der Waals surface area contributed by atoms with Gasteiger partial charge in [0, 0.05) is 23.2 Å². The Morgan fingerprint density at radius 3 is 2.53 bits per heavy atom. The molecule has 1 aromatic rings. The topological polar surface area (TPSA) is 12.0 Å². The average Bonchev–Trinajstić information content (AvgIpc) is 2.11. The van der Waals surface area contributed by atoms with Crippen LogP contribution in [0.15, 0.2) is 29.2 Å². The Labute approximate surface area is 90.1 Å². The predicted octanol–water partition coefficient (Wildman–Crippen LogP) is 2.77. The van der Waals surface area contributed by atoms with Crippen molar-refractivity contribution in [2.24, 2.45) is 0 Å². The largest absolute Gasteiger partial charge is 0.416 e. The summed E-state index contributed by atoms with van der Waals surface area (Å²) < 4.78 is 37.1. The highest BCUT2D eigenvalue weighted by atomic mass is 32.2. The molecule has 0 radical (unpaired) electrons. The first kappa shape index (κ1) is 10.8. The molecule has 1 aromatic carbocycles. The van der Waals surface area contributed by atoms with Gasteiger partial charge >= 0.3 is 6.18 Å². The fourth-order valence-electron chi connectivity index (χ4n) is 1.28. The Morgan fingerprint density at radius 1 is 1.27 bits per heavy atom. The van der Waals surface area contributed by atoms with E-state index in [-0.39, 0.29) is 0 Å². The van der Waals surface area contributed by atoms with Crippen LogP contribution < -0.4 is 5.32 Å². The summed E-state index contributed by atoms with van der Waals surface area (Å²) in [6.45, 7) is 1.75. The van der Waals surface area contributed by atoms with Crippen molar-refractivity contribution >= 4 is 11.8 Å². The van der Waals surface area contributed by atoms with E-state index in [9.17, 15) is 13.2 Å². The average molecular weight is 233 g/mol. The minimum absolute atomic E-state index is 0.411. The Morgan fingerprint density at radius 2 is 2.00 bits per heavy atom. The highest BCUT2D eigenvalue weighted by Gasteiger charge is 2.30. The monoisotopic (exact) mass is 233 g/mol. The summed E-state index contributed by atoms with van der Waals surface area (Å²) in [7, 11) is 0. The number of alkyl halides is 3. The normalized spacial score (nSPS) is 17.5. The third-order valence-corrected chi connectivity index (χ3v) is 3.40. The predicted molar refractivity (Wildman–Crippen MR) is 54.0 cm³/mol. The summed E-state index contributed by atoms with van der Waals surface area (Å²) in [5.74, 6) is 0. The highest BCUT2D eigenvalue weighted by Crippen LogP contribution is 2.33. The molecule has 1 saturated heterocycles. The van der Waals surface area contributed by atoms with Gasteiger partial charge < -0.3 is 5.32 Å². The summed E-state index contributed by atoms with van der Waals surface area (Å²) in [6.07, 6.45) is -4.24. The molecule has 1 aliphatic heterocycles. The third kappa shape index (κ3) is 2.66. The quantitative estimate of drug-likeness (QED) is 0.843. The Bertz CT molecular complexity index is 347. The molecule has 0 aromatic heterocycles. The van der Waals surface area contributed by atoms with E-state index < -0.39 is 11.7 Å². The van der Waals surface area contributed by atoms with Gasteiger partial charge in [0.2, 0.25) is 0 Å². The third-order valence-electron chi connectivity index (χ3n) is 2.21. The van der Waals surface area contributed by atoms with E-state index in [1.807, 2.05) is 0 Å². The van der Waals surface area contributed by atoms with Crippen molar-refractivity contribution in [1.29, 1.82) is 0 Å². The summed E-state index contributed by atoms with van der Waals surface area (Å²) in [4.78, 5) is 0.691. The molecule has 0 aliphatic carbocycles. The molecule has 1 heterocycles. The lowest BCUT2D eigenvalue weighted by molar-refractivity contribution is -0.137. The van der Waals surface area contributed by atoms with E-state index in [1.54, 1.807) is 6.07 Å². The first-order chi connectivity index (χ1) is 7.05. The molecule has 2 rings (SSSR count). The zero-order valence-corrected chi connectivity index (χ0v) is 8.66. The van der Waals surface area contributed by atoms with Crippen molar-refractivity contribution in [3.63, 3.8) is 0 Å². The van der Waals surface area contributed by atoms with Crippen molar-refractivity contribution in [2.75, 3.05) is 13.1 Å². The van der Waals surface area contributed by atoms with E-state index in [2.05, 4.69) is 5.32 Å². The number of hydrogen-bond donors (Lipinski definition) is 1. The van der Waals surface area contributed by atoms with Crippen LogP contribution in [0.4, 0.5) is 13.2 Å². The second kappa shape index (κ2) is 4.06. The standard InChI is InChI=1S/C10H10F3NS/c11-10(12,13)7-2-1-3-8(4-7)15-9-5-14-6-9/h1-4,9,14H,5-6H2. The molecule has 82 valence electrons. The number of hydrogen-bond acceptors (Lipinski definition) is 2. The maximum atomic E-state index is 12.4. The lowest BCUT2D eigenvalue weighted by Crippen LogP contribution is -2.44. The molecule has 0 unspecified atom stereocenters. The molecule has 15 heavy (non-hydrogen) atoms. The highest BCUT2D eigenvalue weighted by molar-refractivity contribution is 8.00. The van der Waals surface area contributed by atoms with Crippen molar-refractivity contribution < 1.29 is 13.2 Å². The molecule has 0 bridgehead atoms. The second-order valence-corrected chi connectivity index (χ2v) is 4.80. The van der Waals surface area contributed by atoms with Gasteiger partial charge in [0.15, 0.2) is 0 Å². The minimum Gasteiger partial charge on any atom is -0.314 e. The molecule has 0 amide bonds. The molecule has 1 N–H and O–H groups in total. The van der Waals surface area contributed by atoms with Gasteiger partial charge in [0.1, 0.15) is 0 Å². The molecular formula is C10H10F3NS. The van der Waals surface area contributed by atoms with Gasteiger partial charge in [0.25, 0.3) is 0 Å². The zero-order valence-electron chi connectivity index (χ0n) is 7.84. The minimum atomic E-state index is -4.24. The SMILES string of the molecule is FC(F)(F)c1cccc(SC2CNC2)c1. The van der Waals surface area contributed by atoms with E-state index in [4.69, 9.17) is 0 Å². The van der Waals surface area contributed by atoms with Gasteiger partial charge in [0.05, 0.1) is 5.56 Å². The van der Waals surface area contributed by atoms with Crippen LogP contribution in [0.5, 0.6) is 0 Å². The molecule has 5 heteroatoms. The van der Waals surface area contributed by atoms with Crippen LogP contribution in [-0.4, -0.2) is 18.3 Å². The Balaban J connectivity index is 2.11. The van der Waals surface area contributed by atoms with Crippen LogP contribution in [0.2, 0.25) is 0 Å². The van der Waals surface area contributed by atoms with Crippen molar-refractivity contribution in [3.05, 3.63) is 29.8 Å². The van der Waals surface area contributed by atoms with E-state index in [1.165, 1.54) is 23.9 Å². The number of rotatable bonds is 2. The first-order valence-electron chi connectivity index (χ1n) is 4.60.